The lowest BCUT2D eigenvalue weighted by molar-refractivity contribution is -0.0959. The van der Waals surface area contributed by atoms with E-state index in [0.717, 1.165) is 18.4 Å². The average molecular weight is 282 g/mol. The Morgan fingerprint density at radius 3 is 2.35 bits per heavy atom. The molecule has 0 heterocycles. The van der Waals surface area contributed by atoms with E-state index in [-0.39, 0.29) is 12.5 Å². The van der Waals surface area contributed by atoms with Crippen LogP contribution in [0, 0.1) is 5.92 Å². The van der Waals surface area contributed by atoms with E-state index < -0.39 is 11.8 Å². The van der Waals surface area contributed by atoms with Crippen molar-refractivity contribution in [3.05, 3.63) is 35.9 Å². The lowest BCUT2D eigenvalue weighted by Gasteiger charge is -2.33. The largest absolute Gasteiger partial charge is 0.374 e. The van der Waals surface area contributed by atoms with Crippen LogP contribution in [0.5, 0.6) is 0 Å². The maximum Gasteiger partial charge on any atom is 0.250 e. The molecule has 0 amide bonds. The number of hydrogen-bond donors (Lipinski definition) is 0. The Bertz CT molecular complexity index is 383. The summed E-state index contributed by atoms with van der Waals surface area (Å²) in [5, 5.41) is 0. The van der Waals surface area contributed by atoms with Gasteiger partial charge in [-0.25, -0.2) is 8.78 Å². The zero-order valence-corrected chi connectivity index (χ0v) is 12.2. The molecule has 0 N–H and O–H groups in total. The van der Waals surface area contributed by atoms with E-state index in [9.17, 15) is 8.78 Å². The van der Waals surface area contributed by atoms with Crippen molar-refractivity contribution in [2.45, 2.75) is 64.1 Å². The smallest absolute Gasteiger partial charge is 0.250 e. The van der Waals surface area contributed by atoms with Gasteiger partial charge in [-0.3, -0.25) is 0 Å². The van der Waals surface area contributed by atoms with Gasteiger partial charge < -0.3 is 4.74 Å². The summed E-state index contributed by atoms with van der Waals surface area (Å²) in [7, 11) is 0. The number of rotatable bonds is 6. The molecular weight excluding hydrogens is 258 g/mol. The Morgan fingerprint density at radius 1 is 1.10 bits per heavy atom. The minimum atomic E-state index is -2.49. The van der Waals surface area contributed by atoms with Crippen molar-refractivity contribution in [3.63, 3.8) is 0 Å². The molecule has 0 unspecified atom stereocenters. The highest BCUT2D eigenvalue weighted by Crippen LogP contribution is 2.40. The molecule has 20 heavy (non-hydrogen) atoms. The second-order valence-corrected chi connectivity index (χ2v) is 5.78. The minimum Gasteiger partial charge on any atom is -0.374 e. The Morgan fingerprint density at radius 2 is 1.75 bits per heavy atom. The predicted octanol–water partition coefficient (Wildman–Crippen LogP) is 5.20. The van der Waals surface area contributed by atoms with E-state index >= 15 is 0 Å². The van der Waals surface area contributed by atoms with Gasteiger partial charge in [0.2, 0.25) is 0 Å². The molecule has 0 aliphatic heterocycles. The molecule has 0 aromatic heterocycles. The van der Waals surface area contributed by atoms with Crippen LogP contribution in [0.3, 0.4) is 0 Å². The number of benzene rings is 1. The van der Waals surface area contributed by atoms with Crippen LogP contribution in [-0.4, -0.2) is 12.0 Å². The van der Waals surface area contributed by atoms with Crippen LogP contribution in [0.25, 0.3) is 0 Å². The summed E-state index contributed by atoms with van der Waals surface area (Å²) in [5.74, 6) is -2.93. The fourth-order valence-corrected chi connectivity index (χ4v) is 2.98. The molecule has 0 bridgehead atoms. The first kappa shape index (κ1) is 15.4. The molecule has 2 rings (SSSR count). The van der Waals surface area contributed by atoms with Crippen molar-refractivity contribution in [1.82, 2.24) is 0 Å². The first-order valence-corrected chi connectivity index (χ1v) is 7.65. The normalized spacial score (nSPS) is 23.8. The fraction of sp³-hybridized carbons (Fsp3) is 0.647. The van der Waals surface area contributed by atoms with Crippen molar-refractivity contribution in [3.8, 4) is 0 Å². The molecule has 1 nitrogen and oxygen atoms in total. The van der Waals surface area contributed by atoms with Gasteiger partial charge in [0.15, 0.2) is 0 Å². The summed E-state index contributed by atoms with van der Waals surface area (Å²) >= 11 is 0. The van der Waals surface area contributed by atoms with Gasteiger partial charge in [-0.2, -0.15) is 0 Å². The van der Waals surface area contributed by atoms with Crippen LogP contribution >= 0.6 is 0 Å². The highest BCUT2D eigenvalue weighted by atomic mass is 19.3. The molecule has 112 valence electrons. The molecule has 1 aromatic carbocycles. The van der Waals surface area contributed by atoms with Crippen LogP contribution in [0.15, 0.2) is 30.3 Å². The van der Waals surface area contributed by atoms with Gasteiger partial charge in [-0.1, -0.05) is 43.7 Å². The monoisotopic (exact) mass is 282 g/mol. The first-order valence-electron chi connectivity index (χ1n) is 7.65. The zero-order chi connectivity index (χ0) is 14.4. The Hall–Kier alpha value is -0.960. The van der Waals surface area contributed by atoms with Crippen molar-refractivity contribution >= 4 is 0 Å². The second-order valence-electron chi connectivity index (χ2n) is 5.78. The third-order valence-corrected chi connectivity index (χ3v) is 4.18. The zero-order valence-electron chi connectivity index (χ0n) is 12.2. The molecule has 1 aromatic rings. The molecule has 1 aliphatic carbocycles. The summed E-state index contributed by atoms with van der Waals surface area (Å²) < 4.78 is 33.5. The minimum absolute atomic E-state index is 0.0210. The lowest BCUT2D eigenvalue weighted by atomic mass is 9.82. The summed E-state index contributed by atoms with van der Waals surface area (Å²) in [6, 6.07) is 10.0. The van der Waals surface area contributed by atoms with Crippen LogP contribution in [-0.2, 0) is 11.3 Å². The van der Waals surface area contributed by atoms with Crippen molar-refractivity contribution in [2.24, 2.45) is 5.92 Å². The van der Waals surface area contributed by atoms with Crippen molar-refractivity contribution in [1.29, 1.82) is 0 Å². The highest BCUT2D eigenvalue weighted by molar-refractivity contribution is 5.13. The predicted molar refractivity (Wildman–Crippen MR) is 76.8 cm³/mol. The molecule has 0 atom stereocenters. The fourth-order valence-electron chi connectivity index (χ4n) is 2.98. The number of ether oxygens (including phenoxy) is 1. The van der Waals surface area contributed by atoms with E-state index in [1.165, 1.54) is 0 Å². The van der Waals surface area contributed by atoms with E-state index in [4.69, 9.17) is 4.74 Å². The Labute approximate surface area is 120 Å². The Balaban J connectivity index is 1.74. The second kappa shape index (κ2) is 7.16. The molecule has 0 spiro atoms. The van der Waals surface area contributed by atoms with Crippen molar-refractivity contribution < 1.29 is 13.5 Å². The average Bonchev–Trinajstić information content (AvgIpc) is 2.47. The molecule has 1 fully saturated rings. The van der Waals surface area contributed by atoms with Crippen LogP contribution in [0.1, 0.15) is 51.0 Å². The topological polar surface area (TPSA) is 9.23 Å². The quantitative estimate of drug-likeness (QED) is 0.697. The third kappa shape index (κ3) is 4.27. The van der Waals surface area contributed by atoms with E-state index in [1.807, 2.05) is 37.3 Å². The van der Waals surface area contributed by atoms with Gasteiger partial charge >= 0.3 is 0 Å². The lowest BCUT2D eigenvalue weighted by Crippen LogP contribution is -2.33. The summed E-state index contributed by atoms with van der Waals surface area (Å²) in [4.78, 5) is 0. The van der Waals surface area contributed by atoms with E-state index in [2.05, 4.69) is 0 Å². The summed E-state index contributed by atoms with van der Waals surface area (Å²) in [6.07, 6.45) is 3.42. The van der Waals surface area contributed by atoms with Crippen LogP contribution in [0.4, 0.5) is 8.78 Å². The standard InChI is InChI=1S/C17H24F2O/c1-2-12-17(18,19)15-8-10-16(11-9-15)20-13-14-6-4-3-5-7-14/h3-7,15-16H,2,8-13H2,1H3/t15-,16-. The SMILES string of the molecule is CCCC(F)(F)[C@H]1CC[C@H](OCc2ccccc2)CC1. The Kier molecular flexibility index (Phi) is 5.53. The van der Waals surface area contributed by atoms with Gasteiger partial charge in [-0.05, 0) is 31.2 Å². The number of alkyl halides is 2. The molecule has 3 heteroatoms. The maximum absolute atomic E-state index is 13.8. The van der Waals surface area contributed by atoms with Gasteiger partial charge in [-0.15, -0.1) is 0 Å². The van der Waals surface area contributed by atoms with Gasteiger partial charge in [0.05, 0.1) is 12.7 Å². The number of halogens is 2. The molecule has 1 saturated carbocycles. The van der Waals surface area contributed by atoms with E-state index in [1.54, 1.807) is 0 Å². The van der Waals surface area contributed by atoms with Gasteiger partial charge in [0, 0.05) is 12.3 Å². The van der Waals surface area contributed by atoms with Gasteiger partial charge in [0.1, 0.15) is 0 Å². The molecule has 0 radical (unpaired) electrons. The van der Waals surface area contributed by atoms with Gasteiger partial charge in [0.25, 0.3) is 5.92 Å². The number of hydrogen-bond acceptors (Lipinski definition) is 1. The van der Waals surface area contributed by atoms with Crippen molar-refractivity contribution in [2.75, 3.05) is 0 Å². The third-order valence-electron chi connectivity index (χ3n) is 4.18. The molecule has 0 saturated heterocycles. The van der Waals surface area contributed by atoms with Crippen LogP contribution in [0.2, 0.25) is 0 Å². The van der Waals surface area contributed by atoms with E-state index in [0.29, 0.717) is 25.9 Å². The first-order chi connectivity index (χ1) is 9.62. The maximum atomic E-state index is 13.8. The summed E-state index contributed by atoms with van der Waals surface area (Å²) in [6.45, 7) is 2.41. The van der Waals surface area contributed by atoms with Crippen LogP contribution < -0.4 is 0 Å². The molecular formula is C17H24F2O. The summed E-state index contributed by atoms with van der Waals surface area (Å²) in [5.41, 5.74) is 1.14. The molecule has 1 aliphatic rings. The highest BCUT2D eigenvalue weighted by Gasteiger charge is 2.40.